The average Bonchev–Trinajstić information content (AvgIpc) is 3.16. The maximum absolute atomic E-state index is 12.6. The summed E-state index contributed by atoms with van der Waals surface area (Å²) in [5, 5.41) is 14.4. The van der Waals surface area contributed by atoms with Gasteiger partial charge in [0.25, 0.3) is 5.91 Å². The standard InChI is InChI=1S/C18H18ClN5O/c1-13(7-8-14-5-3-2-4-6-14)21-18(25)16-11-15(9-10-17(16)19)24-12-20-22-23-24/h2-6,9-13H,7-8H2,1H3,(H,21,25)/t13-/m1/s1. The molecule has 0 spiro atoms. The lowest BCUT2D eigenvalue weighted by Crippen LogP contribution is -2.33. The summed E-state index contributed by atoms with van der Waals surface area (Å²) in [5.74, 6) is -0.208. The molecule has 1 amide bonds. The van der Waals surface area contributed by atoms with Gasteiger partial charge in [0.15, 0.2) is 0 Å². The number of hydrogen-bond donors (Lipinski definition) is 1. The molecule has 1 N–H and O–H groups in total. The fraction of sp³-hybridized carbons (Fsp3) is 0.222. The smallest absolute Gasteiger partial charge is 0.253 e. The van der Waals surface area contributed by atoms with E-state index in [9.17, 15) is 4.79 Å². The zero-order valence-corrected chi connectivity index (χ0v) is 14.5. The van der Waals surface area contributed by atoms with Crippen molar-refractivity contribution in [2.45, 2.75) is 25.8 Å². The number of aryl methyl sites for hydroxylation is 1. The second-order valence-electron chi connectivity index (χ2n) is 5.82. The third kappa shape index (κ3) is 4.42. The summed E-state index contributed by atoms with van der Waals surface area (Å²) in [6.07, 6.45) is 3.22. The molecular weight excluding hydrogens is 338 g/mol. The molecule has 0 aliphatic heterocycles. The minimum atomic E-state index is -0.208. The van der Waals surface area contributed by atoms with E-state index in [4.69, 9.17) is 11.6 Å². The van der Waals surface area contributed by atoms with E-state index in [1.165, 1.54) is 16.6 Å². The van der Waals surface area contributed by atoms with Gasteiger partial charge in [-0.25, -0.2) is 4.68 Å². The van der Waals surface area contributed by atoms with Gasteiger partial charge in [-0.1, -0.05) is 41.9 Å². The molecule has 0 saturated heterocycles. The van der Waals surface area contributed by atoms with Crippen molar-refractivity contribution in [3.05, 3.63) is 71.0 Å². The van der Waals surface area contributed by atoms with E-state index in [-0.39, 0.29) is 11.9 Å². The maximum Gasteiger partial charge on any atom is 0.253 e. The van der Waals surface area contributed by atoms with Crippen LogP contribution < -0.4 is 5.32 Å². The Hall–Kier alpha value is -2.73. The van der Waals surface area contributed by atoms with Gasteiger partial charge >= 0.3 is 0 Å². The molecular formula is C18H18ClN5O. The Morgan fingerprint density at radius 1 is 1.24 bits per heavy atom. The van der Waals surface area contributed by atoms with Crippen LogP contribution in [0.25, 0.3) is 5.69 Å². The lowest BCUT2D eigenvalue weighted by molar-refractivity contribution is 0.0938. The monoisotopic (exact) mass is 355 g/mol. The van der Waals surface area contributed by atoms with Crippen LogP contribution in [0.15, 0.2) is 54.9 Å². The molecule has 7 heteroatoms. The maximum atomic E-state index is 12.6. The van der Waals surface area contributed by atoms with E-state index in [1.54, 1.807) is 18.2 Å². The first-order valence-electron chi connectivity index (χ1n) is 8.01. The van der Waals surface area contributed by atoms with E-state index in [2.05, 4.69) is 33.0 Å². The van der Waals surface area contributed by atoms with Gasteiger partial charge in [0.05, 0.1) is 16.3 Å². The van der Waals surface area contributed by atoms with Crippen LogP contribution in [0, 0.1) is 0 Å². The molecule has 0 aliphatic rings. The number of carbonyl (C=O) groups excluding carboxylic acids is 1. The van der Waals surface area contributed by atoms with Crippen LogP contribution in [0.5, 0.6) is 0 Å². The number of benzene rings is 2. The van der Waals surface area contributed by atoms with Crippen molar-refractivity contribution >= 4 is 17.5 Å². The largest absolute Gasteiger partial charge is 0.350 e. The van der Waals surface area contributed by atoms with Crippen LogP contribution in [0.4, 0.5) is 0 Å². The van der Waals surface area contributed by atoms with Crippen molar-refractivity contribution < 1.29 is 4.79 Å². The molecule has 0 radical (unpaired) electrons. The predicted octanol–water partition coefficient (Wildman–Crippen LogP) is 3.07. The molecule has 2 aromatic carbocycles. The molecule has 0 fully saturated rings. The van der Waals surface area contributed by atoms with Crippen LogP contribution in [0.2, 0.25) is 5.02 Å². The first-order valence-corrected chi connectivity index (χ1v) is 8.39. The third-order valence-corrected chi connectivity index (χ3v) is 4.22. The Labute approximate surface area is 150 Å². The van der Waals surface area contributed by atoms with Crippen molar-refractivity contribution in [3.8, 4) is 5.69 Å². The molecule has 0 saturated carbocycles. The number of nitrogens with one attached hydrogen (secondary N) is 1. The van der Waals surface area contributed by atoms with Crippen molar-refractivity contribution in [1.82, 2.24) is 25.5 Å². The Morgan fingerprint density at radius 2 is 2.04 bits per heavy atom. The van der Waals surface area contributed by atoms with Gasteiger partial charge in [-0.3, -0.25) is 4.79 Å². The number of tetrazole rings is 1. The highest BCUT2D eigenvalue weighted by molar-refractivity contribution is 6.33. The van der Waals surface area contributed by atoms with Gasteiger partial charge in [-0.2, -0.15) is 0 Å². The molecule has 6 nitrogen and oxygen atoms in total. The van der Waals surface area contributed by atoms with Crippen molar-refractivity contribution in [3.63, 3.8) is 0 Å². The van der Waals surface area contributed by atoms with E-state index in [1.807, 2.05) is 25.1 Å². The summed E-state index contributed by atoms with van der Waals surface area (Å²) in [7, 11) is 0. The van der Waals surface area contributed by atoms with Crippen LogP contribution >= 0.6 is 11.6 Å². The molecule has 3 aromatic rings. The highest BCUT2D eigenvalue weighted by Crippen LogP contribution is 2.19. The first-order chi connectivity index (χ1) is 12.1. The summed E-state index contributed by atoms with van der Waals surface area (Å²) in [4.78, 5) is 12.6. The average molecular weight is 356 g/mol. The summed E-state index contributed by atoms with van der Waals surface area (Å²) >= 11 is 6.19. The van der Waals surface area contributed by atoms with Crippen LogP contribution in [-0.4, -0.2) is 32.2 Å². The van der Waals surface area contributed by atoms with Crippen LogP contribution in [0.3, 0.4) is 0 Å². The van der Waals surface area contributed by atoms with E-state index in [0.717, 1.165) is 12.8 Å². The zero-order chi connectivity index (χ0) is 17.6. The van der Waals surface area contributed by atoms with Gasteiger partial charge in [0.2, 0.25) is 0 Å². The SMILES string of the molecule is C[C@H](CCc1ccccc1)NC(=O)c1cc(-n2cnnn2)ccc1Cl. The third-order valence-electron chi connectivity index (χ3n) is 3.89. The second kappa shape index (κ2) is 7.90. The van der Waals surface area contributed by atoms with Crippen molar-refractivity contribution in [2.24, 2.45) is 0 Å². The number of rotatable bonds is 6. The van der Waals surface area contributed by atoms with E-state index in [0.29, 0.717) is 16.3 Å². The van der Waals surface area contributed by atoms with Gasteiger partial charge < -0.3 is 5.32 Å². The molecule has 128 valence electrons. The quantitative estimate of drug-likeness (QED) is 0.737. The highest BCUT2D eigenvalue weighted by Gasteiger charge is 2.15. The van der Waals surface area contributed by atoms with Gasteiger partial charge in [-0.05, 0) is 54.0 Å². The Morgan fingerprint density at radius 3 is 2.76 bits per heavy atom. The highest BCUT2D eigenvalue weighted by atomic mass is 35.5. The Kier molecular flexibility index (Phi) is 5.40. The van der Waals surface area contributed by atoms with Crippen LogP contribution in [-0.2, 0) is 6.42 Å². The number of hydrogen-bond acceptors (Lipinski definition) is 4. The minimum absolute atomic E-state index is 0.0282. The molecule has 0 unspecified atom stereocenters. The fourth-order valence-electron chi connectivity index (χ4n) is 2.51. The molecule has 1 heterocycles. The summed E-state index contributed by atoms with van der Waals surface area (Å²) < 4.78 is 1.48. The fourth-order valence-corrected chi connectivity index (χ4v) is 2.71. The second-order valence-corrected chi connectivity index (χ2v) is 6.22. The van der Waals surface area contributed by atoms with Gasteiger partial charge in [0.1, 0.15) is 6.33 Å². The van der Waals surface area contributed by atoms with Crippen LogP contribution in [0.1, 0.15) is 29.3 Å². The zero-order valence-electron chi connectivity index (χ0n) is 13.8. The normalized spacial score (nSPS) is 11.9. The number of nitrogens with zero attached hydrogens (tertiary/aromatic N) is 4. The Bertz CT molecular complexity index is 836. The summed E-state index contributed by atoms with van der Waals surface area (Å²) in [5.41, 5.74) is 2.33. The molecule has 0 aliphatic carbocycles. The lowest BCUT2D eigenvalue weighted by atomic mass is 10.1. The summed E-state index contributed by atoms with van der Waals surface area (Å²) in [6, 6.07) is 15.3. The number of aromatic nitrogens is 4. The molecule has 1 aromatic heterocycles. The van der Waals surface area contributed by atoms with Gasteiger partial charge in [-0.15, -0.1) is 5.10 Å². The van der Waals surface area contributed by atoms with E-state index >= 15 is 0 Å². The van der Waals surface area contributed by atoms with Gasteiger partial charge in [0, 0.05) is 6.04 Å². The molecule has 3 rings (SSSR count). The van der Waals surface area contributed by atoms with Crippen molar-refractivity contribution in [2.75, 3.05) is 0 Å². The first kappa shape index (κ1) is 17.1. The number of halogens is 1. The number of carbonyl (C=O) groups is 1. The van der Waals surface area contributed by atoms with E-state index < -0.39 is 0 Å². The topological polar surface area (TPSA) is 72.7 Å². The minimum Gasteiger partial charge on any atom is -0.350 e. The predicted molar refractivity (Wildman–Crippen MR) is 95.9 cm³/mol. The Balaban J connectivity index is 1.65. The summed E-state index contributed by atoms with van der Waals surface area (Å²) in [6.45, 7) is 1.99. The number of amides is 1. The lowest BCUT2D eigenvalue weighted by Gasteiger charge is -2.15. The molecule has 1 atom stereocenters. The van der Waals surface area contributed by atoms with Crippen molar-refractivity contribution in [1.29, 1.82) is 0 Å². The molecule has 25 heavy (non-hydrogen) atoms. The molecule has 0 bridgehead atoms.